The van der Waals surface area contributed by atoms with Gasteiger partial charge in [-0.25, -0.2) is 10.1 Å². The molecule has 34 heavy (non-hydrogen) atoms. The molecule has 2 aromatic carbocycles. The molecule has 5 rings (SSSR count). The highest BCUT2D eigenvalue weighted by atomic mass is 32.1. The minimum atomic E-state index is 0.0575. The van der Waals surface area contributed by atoms with Crippen LogP contribution in [0.5, 0.6) is 5.75 Å². The Balaban J connectivity index is 1.27. The lowest BCUT2D eigenvalue weighted by Crippen LogP contribution is -2.05. The van der Waals surface area contributed by atoms with E-state index >= 15 is 0 Å². The number of imidazole rings is 1. The van der Waals surface area contributed by atoms with E-state index in [1.807, 2.05) is 43.3 Å². The second kappa shape index (κ2) is 9.74. The number of nitrogens with zero attached hydrogens (tertiary/aromatic N) is 5. The van der Waals surface area contributed by atoms with E-state index in [1.165, 1.54) is 5.56 Å². The van der Waals surface area contributed by atoms with Crippen LogP contribution in [0.25, 0.3) is 21.7 Å². The molecule has 0 unspecified atom stereocenters. The standard InChI is InChI=1S/C25H26N6O2S/c1-3-4-22-26-23-16(2)21(14-32)34-25(23)31(22)13-17-7-11-20(12-8-17)33-15-18-5-9-19(10-6-18)24-27-29-30-28-24/h5-12,32H,3-4,13-15H2,1-2H3,(H,27,28,29,30). The van der Waals surface area contributed by atoms with Crippen LogP contribution in [0.3, 0.4) is 0 Å². The van der Waals surface area contributed by atoms with Crippen molar-refractivity contribution in [3.8, 4) is 17.1 Å². The molecule has 0 aliphatic heterocycles. The molecule has 0 atom stereocenters. The summed E-state index contributed by atoms with van der Waals surface area (Å²) in [6, 6.07) is 16.2. The van der Waals surface area contributed by atoms with Crippen LogP contribution in [0.1, 0.15) is 40.7 Å². The van der Waals surface area contributed by atoms with Crippen molar-refractivity contribution in [3.05, 3.63) is 75.9 Å². The number of aromatic nitrogens is 6. The molecule has 0 saturated carbocycles. The van der Waals surface area contributed by atoms with Crippen LogP contribution in [0.2, 0.25) is 0 Å². The number of aryl methyl sites for hydroxylation is 2. The van der Waals surface area contributed by atoms with Gasteiger partial charge in [-0.2, -0.15) is 0 Å². The van der Waals surface area contributed by atoms with Gasteiger partial charge in [0, 0.05) is 16.9 Å². The van der Waals surface area contributed by atoms with E-state index < -0.39 is 0 Å². The first-order chi connectivity index (χ1) is 16.7. The normalized spacial score (nSPS) is 11.4. The maximum Gasteiger partial charge on any atom is 0.179 e. The molecule has 0 radical (unpaired) electrons. The Labute approximate surface area is 201 Å². The van der Waals surface area contributed by atoms with Gasteiger partial charge >= 0.3 is 0 Å². The van der Waals surface area contributed by atoms with Crippen LogP contribution in [0, 0.1) is 6.92 Å². The van der Waals surface area contributed by atoms with Crippen molar-refractivity contribution in [2.45, 2.75) is 46.4 Å². The molecule has 0 bridgehead atoms. The fourth-order valence-electron chi connectivity index (χ4n) is 3.96. The molecule has 0 saturated heterocycles. The largest absolute Gasteiger partial charge is 0.489 e. The lowest BCUT2D eigenvalue weighted by Gasteiger charge is -2.10. The molecule has 3 heterocycles. The molecule has 0 aliphatic carbocycles. The van der Waals surface area contributed by atoms with Crippen LogP contribution in [-0.2, 0) is 26.2 Å². The lowest BCUT2D eigenvalue weighted by atomic mass is 10.1. The Morgan fingerprint density at radius 1 is 1.06 bits per heavy atom. The van der Waals surface area contributed by atoms with Crippen molar-refractivity contribution < 1.29 is 9.84 Å². The number of aromatic amines is 1. The maximum absolute atomic E-state index is 9.66. The number of tetrazole rings is 1. The van der Waals surface area contributed by atoms with Crippen molar-refractivity contribution in [1.82, 2.24) is 30.2 Å². The summed E-state index contributed by atoms with van der Waals surface area (Å²) in [5, 5.41) is 23.6. The summed E-state index contributed by atoms with van der Waals surface area (Å²) in [4.78, 5) is 7.02. The predicted octanol–water partition coefficient (Wildman–Crippen LogP) is 4.66. The highest BCUT2D eigenvalue weighted by Gasteiger charge is 2.17. The van der Waals surface area contributed by atoms with E-state index in [4.69, 9.17) is 9.72 Å². The third kappa shape index (κ3) is 4.44. The number of thiophene rings is 1. The van der Waals surface area contributed by atoms with Crippen molar-refractivity contribution in [2.75, 3.05) is 0 Å². The third-order valence-corrected chi connectivity index (χ3v) is 7.14. The summed E-state index contributed by atoms with van der Waals surface area (Å²) in [6.45, 7) is 5.50. The summed E-state index contributed by atoms with van der Waals surface area (Å²) in [6.07, 6.45) is 1.97. The molecular formula is C25H26N6O2S. The smallest absolute Gasteiger partial charge is 0.179 e. The molecule has 0 fully saturated rings. The third-order valence-electron chi connectivity index (χ3n) is 5.85. The van der Waals surface area contributed by atoms with Crippen LogP contribution >= 0.6 is 11.3 Å². The highest BCUT2D eigenvalue weighted by Crippen LogP contribution is 2.32. The van der Waals surface area contributed by atoms with E-state index in [2.05, 4.69) is 44.2 Å². The van der Waals surface area contributed by atoms with Crippen molar-refractivity contribution >= 4 is 21.7 Å². The van der Waals surface area contributed by atoms with Crippen LogP contribution in [0.15, 0.2) is 48.5 Å². The number of aliphatic hydroxyl groups is 1. The molecule has 8 nitrogen and oxygen atoms in total. The molecule has 0 spiro atoms. The molecule has 3 aromatic heterocycles. The number of nitrogens with one attached hydrogen (secondary N) is 1. The van der Waals surface area contributed by atoms with Crippen LogP contribution < -0.4 is 4.74 Å². The van der Waals surface area contributed by atoms with Gasteiger partial charge in [0.1, 0.15) is 28.5 Å². The summed E-state index contributed by atoms with van der Waals surface area (Å²) >= 11 is 1.64. The van der Waals surface area contributed by atoms with Gasteiger partial charge in [0.25, 0.3) is 0 Å². The quantitative estimate of drug-likeness (QED) is 0.322. The minimum Gasteiger partial charge on any atom is -0.489 e. The van der Waals surface area contributed by atoms with Crippen molar-refractivity contribution in [3.63, 3.8) is 0 Å². The highest BCUT2D eigenvalue weighted by molar-refractivity contribution is 7.18. The number of H-pyrrole nitrogens is 1. The van der Waals surface area contributed by atoms with Gasteiger partial charge in [-0.05, 0) is 52.6 Å². The summed E-state index contributed by atoms with van der Waals surface area (Å²) in [5.74, 6) is 2.57. The van der Waals surface area contributed by atoms with E-state index in [-0.39, 0.29) is 6.61 Å². The number of aliphatic hydroxyl groups excluding tert-OH is 1. The Bertz CT molecular complexity index is 1370. The monoisotopic (exact) mass is 474 g/mol. The minimum absolute atomic E-state index is 0.0575. The fourth-order valence-corrected chi connectivity index (χ4v) is 5.09. The van der Waals surface area contributed by atoms with E-state index in [0.717, 1.165) is 62.9 Å². The second-order valence-corrected chi connectivity index (χ2v) is 9.29. The molecule has 9 heteroatoms. The van der Waals surface area contributed by atoms with Crippen LogP contribution in [0.4, 0.5) is 0 Å². The Hall–Kier alpha value is -3.56. The number of hydrogen-bond acceptors (Lipinski definition) is 7. The van der Waals surface area contributed by atoms with Gasteiger partial charge in [0.05, 0.1) is 13.2 Å². The molecule has 5 aromatic rings. The van der Waals surface area contributed by atoms with Gasteiger partial charge in [-0.3, -0.25) is 0 Å². The fraction of sp³-hybridized carbons (Fsp3) is 0.280. The van der Waals surface area contributed by atoms with Gasteiger partial charge in [-0.15, -0.1) is 16.4 Å². The number of hydrogen-bond donors (Lipinski definition) is 2. The molecule has 0 amide bonds. The number of benzene rings is 2. The van der Waals surface area contributed by atoms with Crippen LogP contribution in [-0.4, -0.2) is 35.3 Å². The number of ether oxygens (including phenoxy) is 1. The van der Waals surface area contributed by atoms with Crippen molar-refractivity contribution in [2.24, 2.45) is 0 Å². The zero-order valence-electron chi connectivity index (χ0n) is 19.2. The summed E-state index contributed by atoms with van der Waals surface area (Å²) < 4.78 is 8.27. The topological polar surface area (TPSA) is 102 Å². The van der Waals surface area contributed by atoms with E-state index in [0.29, 0.717) is 12.4 Å². The van der Waals surface area contributed by atoms with E-state index in [9.17, 15) is 5.11 Å². The Morgan fingerprint density at radius 2 is 1.82 bits per heavy atom. The van der Waals surface area contributed by atoms with Gasteiger partial charge in [0.15, 0.2) is 5.82 Å². The first kappa shape index (κ1) is 22.2. The zero-order valence-corrected chi connectivity index (χ0v) is 20.0. The first-order valence-corrected chi connectivity index (χ1v) is 12.1. The van der Waals surface area contributed by atoms with Crippen molar-refractivity contribution in [1.29, 1.82) is 0 Å². The number of fused-ring (bicyclic) bond motifs is 1. The average Bonchev–Trinajstić information content (AvgIpc) is 3.58. The second-order valence-electron chi connectivity index (χ2n) is 8.21. The molecular weight excluding hydrogens is 448 g/mol. The lowest BCUT2D eigenvalue weighted by molar-refractivity contribution is 0.285. The van der Waals surface area contributed by atoms with Gasteiger partial charge in [0.2, 0.25) is 0 Å². The predicted molar refractivity (Wildman–Crippen MR) is 132 cm³/mol. The maximum atomic E-state index is 9.66. The summed E-state index contributed by atoms with van der Waals surface area (Å²) in [7, 11) is 0. The van der Waals surface area contributed by atoms with Gasteiger partial charge in [-0.1, -0.05) is 43.3 Å². The average molecular weight is 475 g/mol. The Morgan fingerprint density at radius 3 is 2.50 bits per heavy atom. The zero-order chi connectivity index (χ0) is 23.5. The van der Waals surface area contributed by atoms with Gasteiger partial charge < -0.3 is 14.4 Å². The first-order valence-electron chi connectivity index (χ1n) is 11.3. The number of rotatable bonds is 9. The summed E-state index contributed by atoms with van der Waals surface area (Å²) in [5.41, 5.74) is 5.29. The van der Waals surface area contributed by atoms with E-state index in [1.54, 1.807) is 11.3 Å². The SMILES string of the molecule is CCCc1nc2c(C)c(CO)sc2n1Cc1ccc(OCc2ccc(-c3nnn[nH]3)cc2)cc1. The molecule has 2 N–H and O–H groups in total. The molecule has 0 aliphatic rings. The Kier molecular flexibility index (Phi) is 6.37. The molecule has 174 valence electrons.